The van der Waals surface area contributed by atoms with E-state index in [1.165, 1.54) is 16.9 Å². The van der Waals surface area contributed by atoms with Crippen molar-refractivity contribution < 1.29 is 14.0 Å². The number of halogens is 1. The molecule has 1 fully saturated rings. The summed E-state index contributed by atoms with van der Waals surface area (Å²) in [5, 5.41) is 7.13. The summed E-state index contributed by atoms with van der Waals surface area (Å²) < 4.78 is 15.5. The predicted octanol–water partition coefficient (Wildman–Crippen LogP) is 2.70. The Hall–Kier alpha value is -2.70. The summed E-state index contributed by atoms with van der Waals surface area (Å²) in [5.74, 6) is -0.473. The number of amides is 2. The van der Waals surface area contributed by atoms with Gasteiger partial charge in [-0.15, -0.1) is 0 Å². The normalized spacial score (nSPS) is 15.0. The van der Waals surface area contributed by atoms with Gasteiger partial charge in [0.05, 0.1) is 17.5 Å². The summed E-state index contributed by atoms with van der Waals surface area (Å²) in [7, 11) is 0. The van der Waals surface area contributed by atoms with Crippen molar-refractivity contribution in [1.29, 1.82) is 0 Å². The molecule has 2 heterocycles. The molecule has 0 spiro atoms. The standard InChI is InChI=1S/C20H25FN4O2/c1-3-10-22-19(26)15-8-11-24(12-9-15)20(27)16-13-23-25(14(16)2)18-7-5-4-6-17(18)21/h4-7,13,15H,3,8-12H2,1-2H3,(H,22,26). The highest BCUT2D eigenvalue weighted by atomic mass is 19.1. The van der Waals surface area contributed by atoms with E-state index in [-0.39, 0.29) is 23.5 Å². The summed E-state index contributed by atoms with van der Waals surface area (Å²) >= 11 is 0. The lowest BCUT2D eigenvalue weighted by atomic mass is 9.95. The van der Waals surface area contributed by atoms with E-state index in [4.69, 9.17) is 0 Å². The summed E-state index contributed by atoms with van der Waals surface area (Å²) in [5.41, 5.74) is 1.39. The van der Waals surface area contributed by atoms with Crippen LogP contribution in [-0.2, 0) is 4.79 Å². The SMILES string of the molecule is CCCNC(=O)C1CCN(C(=O)c2cnn(-c3ccccc3F)c2C)CC1. The molecule has 0 unspecified atom stereocenters. The number of aromatic nitrogens is 2. The summed E-state index contributed by atoms with van der Waals surface area (Å²) in [6.45, 7) is 5.54. The fraction of sp³-hybridized carbons (Fsp3) is 0.450. The number of hydrogen-bond acceptors (Lipinski definition) is 3. The van der Waals surface area contributed by atoms with Crippen molar-refractivity contribution in [3.63, 3.8) is 0 Å². The van der Waals surface area contributed by atoms with Crippen LogP contribution in [0.5, 0.6) is 0 Å². The zero-order valence-corrected chi connectivity index (χ0v) is 15.7. The first-order valence-corrected chi connectivity index (χ1v) is 9.39. The number of piperidine rings is 1. The zero-order valence-electron chi connectivity index (χ0n) is 15.7. The molecule has 0 saturated carbocycles. The molecule has 1 aliphatic heterocycles. The largest absolute Gasteiger partial charge is 0.356 e. The molecule has 1 aromatic carbocycles. The fourth-order valence-corrected chi connectivity index (χ4v) is 3.39. The molecule has 27 heavy (non-hydrogen) atoms. The van der Waals surface area contributed by atoms with Crippen LogP contribution in [0.1, 0.15) is 42.2 Å². The molecule has 7 heteroatoms. The first-order chi connectivity index (χ1) is 13.0. The van der Waals surface area contributed by atoms with Crippen molar-refractivity contribution in [2.24, 2.45) is 5.92 Å². The Balaban J connectivity index is 1.68. The van der Waals surface area contributed by atoms with Crippen LogP contribution < -0.4 is 5.32 Å². The average Bonchev–Trinajstić information content (AvgIpc) is 3.07. The molecule has 2 amide bonds. The number of benzene rings is 1. The number of carbonyl (C=O) groups excluding carboxylic acids is 2. The van der Waals surface area contributed by atoms with Gasteiger partial charge in [0, 0.05) is 25.6 Å². The number of para-hydroxylation sites is 1. The van der Waals surface area contributed by atoms with Crippen LogP contribution in [0.2, 0.25) is 0 Å². The number of nitrogens with one attached hydrogen (secondary N) is 1. The van der Waals surface area contributed by atoms with Crippen molar-refractivity contribution in [3.05, 3.63) is 47.5 Å². The number of carbonyl (C=O) groups is 2. The van der Waals surface area contributed by atoms with Crippen LogP contribution in [-0.4, -0.2) is 46.1 Å². The van der Waals surface area contributed by atoms with Crippen LogP contribution in [0, 0.1) is 18.7 Å². The summed E-state index contributed by atoms with van der Waals surface area (Å²) in [4.78, 5) is 26.7. The minimum atomic E-state index is -0.387. The average molecular weight is 372 g/mol. The van der Waals surface area contributed by atoms with Crippen LogP contribution in [0.3, 0.4) is 0 Å². The molecule has 1 aromatic heterocycles. The maximum atomic E-state index is 14.0. The van der Waals surface area contributed by atoms with E-state index < -0.39 is 0 Å². The Morgan fingerprint density at radius 1 is 1.26 bits per heavy atom. The van der Waals surface area contributed by atoms with E-state index in [1.54, 1.807) is 30.0 Å². The Kier molecular flexibility index (Phi) is 5.88. The monoisotopic (exact) mass is 372 g/mol. The van der Waals surface area contributed by atoms with E-state index in [2.05, 4.69) is 10.4 Å². The van der Waals surface area contributed by atoms with Gasteiger partial charge in [0.2, 0.25) is 5.91 Å². The molecule has 0 bridgehead atoms. The number of nitrogens with zero attached hydrogens (tertiary/aromatic N) is 3. The van der Waals surface area contributed by atoms with Gasteiger partial charge in [-0.05, 0) is 38.3 Å². The molecular weight excluding hydrogens is 347 g/mol. The molecule has 0 radical (unpaired) electrons. The molecule has 1 N–H and O–H groups in total. The Morgan fingerprint density at radius 2 is 1.96 bits per heavy atom. The van der Waals surface area contributed by atoms with Gasteiger partial charge >= 0.3 is 0 Å². The third-order valence-corrected chi connectivity index (χ3v) is 5.02. The highest BCUT2D eigenvalue weighted by Gasteiger charge is 2.29. The molecule has 6 nitrogen and oxygen atoms in total. The maximum absolute atomic E-state index is 14.0. The topological polar surface area (TPSA) is 67.2 Å². The van der Waals surface area contributed by atoms with Gasteiger partial charge in [0.25, 0.3) is 5.91 Å². The number of rotatable bonds is 5. The van der Waals surface area contributed by atoms with Crippen LogP contribution in [0.25, 0.3) is 5.69 Å². The van der Waals surface area contributed by atoms with Crippen LogP contribution in [0.4, 0.5) is 4.39 Å². The first-order valence-electron chi connectivity index (χ1n) is 9.39. The first kappa shape index (κ1) is 19.1. The van der Waals surface area contributed by atoms with E-state index in [0.29, 0.717) is 49.4 Å². The molecule has 1 aliphatic rings. The second-order valence-electron chi connectivity index (χ2n) is 6.86. The molecule has 1 saturated heterocycles. The van der Waals surface area contributed by atoms with Gasteiger partial charge in [-0.3, -0.25) is 9.59 Å². The van der Waals surface area contributed by atoms with Gasteiger partial charge in [0.1, 0.15) is 11.5 Å². The molecule has 3 rings (SSSR count). The van der Waals surface area contributed by atoms with E-state index in [0.717, 1.165) is 6.42 Å². The highest BCUT2D eigenvalue weighted by Crippen LogP contribution is 2.22. The van der Waals surface area contributed by atoms with Crippen molar-refractivity contribution >= 4 is 11.8 Å². The minimum Gasteiger partial charge on any atom is -0.356 e. The van der Waals surface area contributed by atoms with E-state index >= 15 is 0 Å². The second-order valence-corrected chi connectivity index (χ2v) is 6.86. The van der Waals surface area contributed by atoms with E-state index in [9.17, 15) is 14.0 Å². The van der Waals surface area contributed by atoms with Crippen LogP contribution >= 0.6 is 0 Å². The van der Waals surface area contributed by atoms with Crippen molar-refractivity contribution in [3.8, 4) is 5.69 Å². The van der Waals surface area contributed by atoms with Crippen LogP contribution in [0.15, 0.2) is 30.5 Å². The highest BCUT2D eigenvalue weighted by molar-refractivity contribution is 5.95. The maximum Gasteiger partial charge on any atom is 0.257 e. The van der Waals surface area contributed by atoms with Gasteiger partial charge in [-0.2, -0.15) is 5.10 Å². The van der Waals surface area contributed by atoms with Gasteiger partial charge in [0.15, 0.2) is 0 Å². The minimum absolute atomic E-state index is 0.0390. The lowest BCUT2D eigenvalue weighted by Gasteiger charge is -2.31. The molecule has 144 valence electrons. The third kappa shape index (κ3) is 4.02. The Labute approximate surface area is 158 Å². The van der Waals surface area contributed by atoms with E-state index in [1.807, 2.05) is 6.92 Å². The van der Waals surface area contributed by atoms with Gasteiger partial charge < -0.3 is 10.2 Å². The zero-order chi connectivity index (χ0) is 19.4. The molecular formula is C20H25FN4O2. The molecule has 0 aliphatic carbocycles. The van der Waals surface area contributed by atoms with Crippen molar-refractivity contribution in [1.82, 2.24) is 20.0 Å². The van der Waals surface area contributed by atoms with Gasteiger partial charge in [-0.1, -0.05) is 19.1 Å². The third-order valence-electron chi connectivity index (χ3n) is 5.02. The van der Waals surface area contributed by atoms with Crippen molar-refractivity contribution in [2.75, 3.05) is 19.6 Å². The number of likely N-dealkylation sites (tertiary alicyclic amines) is 1. The smallest absolute Gasteiger partial charge is 0.257 e. The van der Waals surface area contributed by atoms with Crippen molar-refractivity contribution in [2.45, 2.75) is 33.1 Å². The molecule has 0 atom stereocenters. The Bertz CT molecular complexity index is 825. The lowest BCUT2D eigenvalue weighted by molar-refractivity contribution is -0.126. The second kappa shape index (κ2) is 8.33. The summed E-state index contributed by atoms with van der Waals surface area (Å²) in [6, 6.07) is 6.34. The summed E-state index contributed by atoms with van der Waals surface area (Å²) in [6.07, 6.45) is 3.71. The fourth-order valence-electron chi connectivity index (χ4n) is 3.39. The number of hydrogen-bond donors (Lipinski definition) is 1. The quantitative estimate of drug-likeness (QED) is 0.878. The lowest BCUT2D eigenvalue weighted by Crippen LogP contribution is -2.43. The Morgan fingerprint density at radius 3 is 2.63 bits per heavy atom. The predicted molar refractivity (Wildman–Crippen MR) is 100 cm³/mol. The molecule has 2 aromatic rings. The van der Waals surface area contributed by atoms with Gasteiger partial charge in [-0.25, -0.2) is 9.07 Å².